The van der Waals surface area contributed by atoms with Crippen LogP contribution in [-0.2, 0) is 9.53 Å². The monoisotopic (exact) mass is 483 g/mol. The summed E-state index contributed by atoms with van der Waals surface area (Å²) in [4.78, 5) is 26.8. The van der Waals surface area contributed by atoms with E-state index < -0.39 is 5.97 Å². The highest BCUT2D eigenvalue weighted by Gasteiger charge is 2.51. The Kier molecular flexibility index (Phi) is 5.03. The molecular weight excluding hydrogens is 458 g/mol. The van der Waals surface area contributed by atoms with Crippen LogP contribution in [0.25, 0.3) is 15.9 Å². The molecule has 6 nitrogen and oxygen atoms in total. The molecule has 1 aromatic carbocycles. The van der Waals surface area contributed by atoms with E-state index in [-0.39, 0.29) is 18.1 Å². The Bertz CT molecular complexity index is 1210. The molecular formula is C25H26ClN3O3S. The predicted molar refractivity (Wildman–Crippen MR) is 128 cm³/mol. The van der Waals surface area contributed by atoms with Gasteiger partial charge in [0, 0.05) is 15.9 Å². The Morgan fingerprint density at radius 1 is 1.15 bits per heavy atom. The van der Waals surface area contributed by atoms with Crippen LogP contribution in [0.15, 0.2) is 30.3 Å². The number of hydrogen-bond acceptors (Lipinski definition) is 5. The van der Waals surface area contributed by atoms with Crippen LogP contribution in [0.4, 0.5) is 0 Å². The van der Waals surface area contributed by atoms with Crippen molar-refractivity contribution in [3.05, 3.63) is 45.9 Å². The van der Waals surface area contributed by atoms with Gasteiger partial charge in [0.15, 0.2) is 6.61 Å². The highest BCUT2D eigenvalue weighted by molar-refractivity contribution is 7.20. The first-order valence-electron chi connectivity index (χ1n) is 11.6. The third-order valence-electron chi connectivity index (χ3n) is 7.59. The molecule has 3 aromatic rings. The topological polar surface area (TPSA) is 73.2 Å². The Morgan fingerprint density at radius 2 is 1.79 bits per heavy atom. The lowest BCUT2D eigenvalue weighted by atomic mass is 9.53. The van der Waals surface area contributed by atoms with Crippen molar-refractivity contribution >= 4 is 45.0 Å². The number of halogens is 1. The zero-order valence-electron chi connectivity index (χ0n) is 18.5. The maximum absolute atomic E-state index is 12.7. The maximum atomic E-state index is 12.7. The van der Waals surface area contributed by atoms with Crippen molar-refractivity contribution in [3.63, 3.8) is 0 Å². The second-order valence-electron chi connectivity index (χ2n) is 10.1. The summed E-state index contributed by atoms with van der Waals surface area (Å²) in [6.45, 7) is 1.67. The summed E-state index contributed by atoms with van der Waals surface area (Å²) < 4.78 is 7.22. The summed E-state index contributed by atoms with van der Waals surface area (Å²) in [6, 6.07) is 9.20. The number of carbonyl (C=O) groups excluding carboxylic acids is 2. The third kappa shape index (κ3) is 3.85. The molecule has 33 heavy (non-hydrogen) atoms. The molecule has 4 fully saturated rings. The van der Waals surface area contributed by atoms with Gasteiger partial charge in [-0.3, -0.25) is 4.79 Å². The van der Waals surface area contributed by atoms with Crippen LogP contribution >= 0.6 is 22.9 Å². The van der Waals surface area contributed by atoms with E-state index >= 15 is 0 Å². The molecule has 7 rings (SSSR count). The Hall–Kier alpha value is -2.38. The lowest BCUT2D eigenvalue weighted by molar-refractivity contribution is -0.130. The molecule has 1 N–H and O–H groups in total. The molecule has 0 radical (unpaired) electrons. The number of hydrogen-bond donors (Lipinski definition) is 1. The van der Waals surface area contributed by atoms with Gasteiger partial charge in [0.2, 0.25) is 0 Å². The standard InChI is InChI=1S/C25H26ClN3O3S/c1-14-20-9-21(33-23(20)29(28-14)19-4-2-18(26)3-5-19)24(31)32-13-22(30)27-25-10-15-6-16(11-25)8-17(7-15)12-25/h2-5,9,15-17H,6-8,10-13H2,1H3,(H,27,30). The molecule has 0 aliphatic heterocycles. The van der Waals surface area contributed by atoms with Gasteiger partial charge in [-0.1, -0.05) is 11.6 Å². The number of rotatable bonds is 5. The molecule has 2 heterocycles. The third-order valence-corrected chi connectivity index (χ3v) is 8.94. The Balaban J connectivity index is 1.14. The second-order valence-corrected chi connectivity index (χ2v) is 11.6. The molecule has 4 bridgehead atoms. The maximum Gasteiger partial charge on any atom is 0.348 e. The molecule has 0 saturated heterocycles. The number of esters is 1. The van der Waals surface area contributed by atoms with Gasteiger partial charge in [0.05, 0.1) is 11.4 Å². The number of aromatic nitrogens is 2. The molecule has 172 valence electrons. The number of nitrogens with zero attached hydrogens (tertiary/aromatic N) is 2. The fourth-order valence-corrected chi connectivity index (χ4v) is 7.91. The van der Waals surface area contributed by atoms with E-state index in [2.05, 4.69) is 10.4 Å². The van der Waals surface area contributed by atoms with Crippen LogP contribution in [0.5, 0.6) is 0 Å². The molecule has 0 unspecified atom stereocenters. The summed E-state index contributed by atoms with van der Waals surface area (Å²) in [5, 5.41) is 9.41. The molecule has 0 spiro atoms. The number of benzene rings is 1. The molecule has 4 aliphatic rings. The highest BCUT2D eigenvalue weighted by Crippen LogP contribution is 2.55. The van der Waals surface area contributed by atoms with Crippen molar-refractivity contribution in [2.45, 2.75) is 51.0 Å². The summed E-state index contributed by atoms with van der Waals surface area (Å²) >= 11 is 7.33. The molecule has 4 aliphatic carbocycles. The normalized spacial score (nSPS) is 27.8. The molecule has 0 atom stereocenters. The predicted octanol–water partition coefficient (Wildman–Crippen LogP) is 5.29. The van der Waals surface area contributed by atoms with Crippen molar-refractivity contribution in [2.24, 2.45) is 17.8 Å². The van der Waals surface area contributed by atoms with E-state index in [1.807, 2.05) is 35.9 Å². The van der Waals surface area contributed by atoms with Crippen LogP contribution in [0.2, 0.25) is 5.02 Å². The molecule has 2 aromatic heterocycles. The van der Waals surface area contributed by atoms with E-state index in [9.17, 15) is 9.59 Å². The van der Waals surface area contributed by atoms with Crippen LogP contribution < -0.4 is 5.32 Å². The number of fused-ring (bicyclic) bond motifs is 1. The van der Waals surface area contributed by atoms with Crippen molar-refractivity contribution in [1.82, 2.24) is 15.1 Å². The minimum atomic E-state index is -0.473. The van der Waals surface area contributed by atoms with Gasteiger partial charge in [0.1, 0.15) is 9.71 Å². The summed E-state index contributed by atoms with van der Waals surface area (Å²) in [5.41, 5.74) is 1.62. The van der Waals surface area contributed by atoms with Crippen molar-refractivity contribution in [2.75, 3.05) is 6.61 Å². The van der Waals surface area contributed by atoms with E-state index in [0.717, 1.165) is 58.6 Å². The van der Waals surface area contributed by atoms with Gasteiger partial charge in [-0.15, -0.1) is 11.3 Å². The number of nitrogens with one attached hydrogen (secondary N) is 1. The van der Waals surface area contributed by atoms with Gasteiger partial charge in [0.25, 0.3) is 5.91 Å². The molecule has 8 heteroatoms. The average molecular weight is 484 g/mol. The van der Waals surface area contributed by atoms with Crippen molar-refractivity contribution in [1.29, 1.82) is 0 Å². The van der Waals surface area contributed by atoms with E-state index in [1.54, 1.807) is 6.07 Å². The lowest BCUT2D eigenvalue weighted by Gasteiger charge is -2.56. The first-order chi connectivity index (χ1) is 15.9. The number of amides is 1. The number of thiophene rings is 1. The first-order valence-corrected chi connectivity index (χ1v) is 12.8. The Labute approximate surface area is 201 Å². The van der Waals surface area contributed by atoms with E-state index in [0.29, 0.717) is 9.90 Å². The smallest absolute Gasteiger partial charge is 0.348 e. The SMILES string of the molecule is Cc1nn(-c2ccc(Cl)cc2)c2sc(C(=O)OCC(=O)NC34CC5CC(CC(C5)C3)C4)cc12. The lowest BCUT2D eigenvalue weighted by Crippen LogP contribution is -2.60. The summed E-state index contributed by atoms with van der Waals surface area (Å²) in [7, 11) is 0. The van der Waals surface area contributed by atoms with Crippen LogP contribution in [0.1, 0.15) is 53.9 Å². The highest BCUT2D eigenvalue weighted by atomic mass is 35.5. The summed E-state index contributed by atoms with van der Waals surface area (Å²) in [6.07, 6.45) is 7.20. The Morgan fingerprint density at radius 3 is 2.42 bits per heavy atom. The van der Waals surface area contributed by atoms with E-state index in [1.165, 1.54) is 30.6 Å². The van der Waals surface area contributed by atoms with Crippen LogP contribution in [0.3, 0.4) is 0 Å². The van der Waals surface area contributed by atoms with Crippen molar-refractivity contribution < 1.29 is 14.3 Å². The number of carbonyl (C=O) groups is 2. The largest absolute Gasteiger partial charge is 0.451 e. The van der Waals surface area contributed by atoms with Crippen molar-refractivity contribution in [3.8, 4) is 5.69 Å². The van der Waals surface area contributed by atoms with Gasteiger partial charge in [-0.2, -0.15) is 5.10 Å². The fraction of sp³-hybridized carbons (Fsp3) is 0.480. The average Bonchev–Trinajstić information content (AvgIpc) is 3.32. The second kappa shape index (κ2) is 7.84. The quantitative estimate of drug-likeness (QED) is 0.500. The van der Waals surface area contributed by atoms with Gasteiger partial charge >= 0.3 is 5.97 Å². The summed E-state index contributed by atoms with van der Waals surface area (Å²) in [5.74, 6) is 1.59. The number of aryl methyl sites for hydroxylation is 1. The zero-order valence-corrected chi connectivity index (χ0v) is 20.0. The van der Waals surface area contributed by atoms with Crippen LogP contribution in [-0.4, -0.2) is 33.8 Å². The van der Waals surface area contributed by atoms with Gasteiger partial charge < -0.3 is 10.1 Å². The molecule has 1 amide bonds. The first kappa shape index (κ1) is 21.2. The minimum Gasteiger partial charge on any atom is -0.451 e. The zero-order chi connectivity index (χ0) is 22.7. The van der Waals surface area contributed by atoms with Gasteiger partial charge in [-0.05, 0) is 93.5 Å². The van der Waals surface area contributed by atoms with Gasteiger partial charge in [-0.25, -0.2) is 9.48 Å². The van der Waals surface area contributed by atoms with Crippen LogP contribution in [0, 0.1) is 24.7 Å². The van der Waals surface area contributed by atoms with E-state index in [4.69, 9.17) is 16.3 Å². The fourth-order valence-electron chi connectivity index (χ4n) is 6.70. The number of ether oxygens (including phenoxy) is 1. The minimum absolute atomic E-state index is 0.0744. The molecule has 4 saturated carbocycles.